The SMILES string of the molecule is CCc1cc(CC(NN)c2ccc(I)c(Cl)c2)n(CC)n1. The molecule has 0 aliphatic heterocycles. The Morgan fingerprint density at radius 2 is 2.14 bits per heavy atom. The monoisotopic (exact) mass is 418 g/mol. The predicted molar refractivity (Wildman–Crippen MR) is 95.2 cm³/mol. The van der Waals surface area contributed by atoms with Crippen molar-refractivity contribution in [2.24, 2.45) is 5.84 Å². The summed E-state index contributed by atoms with van der Waals surface area (Å²) >= 11 is 8.43. The first kappa shape index (κ1) is 16.7. The van der Waals surface area contributed by atoms with Crippen molar-refractivity contribution in [1.29, 1.82) is 0 Å². The van der Waals surface area contributed by atoms with Gasteiger partial charge in [0.15, 0.2) is 0 Å². The van der Waals surface area contributed by atoms with Crippen molar-refractivity contribution in [3.05, 3.63) is 49.8 Å². The number of aromatic nitrogens is 2. The summed E-state index contributed by atoms with van der Waals surface area (Å²) < 4.78 is 3.08. The van der Waals surface area contributed by atoms with E-state index in [1.165, 1.54) is 5.69 Å². The van der Waals surface area contributed by atoms with Crippen LogP contribution in [-0.4, -0.2) is 9.78 Å². The Kier molecular flexibility index (Phi) is 6.04. The minimum Gasteiger partial charge on any atom is -0.271 e. The summed E-state index contributed by atoms with van der Waals surface area (Å²) in [4.78, 5) is 0. The van der Waals surface area contributed by atoms with E-state index in [1.807, 2.05) is 16.8 Å². The Morgan fingerprint density at radius 3 is 2.71 bits per heavy atom. The topological polar surface area (TPSA) is 55.9 Å². The van der Waals surface area contributed by atoms with Crippen LogP contribution in [0.4, 0.5) is 0 Å². The van der Waals surface area contributed by atoms with E-state index in [1.54, 1.807) is 0 Å². The van der Waals surface area contributed by atoms with Gasteiger partial charge in [0.25, 0.3) is 0 Å². The number of hydrogen-bond donors (Lipinski definition) is 2. The van der Waals surface area contributed by atoms with Crippen LogP contribution in [0.5, 0.6) is 0 Å². The van der Waals surface area contributed by atoms with Gasteiger partial charge in [-0.05, 0) is 59.7 Å². The molecule has 21 heavy (non-hydrogen) atoms. The number of aryl methyl sites for hydroxylation is 2. The van der Waals surface area contributed by atoms with Crippen LogP contribution in [0, 0.1) is 3.57 Å². The third-order valence-electron chi connectivity index (χ3n) is 3.54. The standard InChI is InChI=1S/C15H20ClIN4/c1-3-11-8-12(21(4-2)20-11)9-15(19-18)10-5-6-14(17)13(16)7-10/h5-8,15,19H,3-4,9,18H2,1-2H3. The molecular weight excluding hydrogens is 399 g/mol. The zero-order valence-corrected chi connectivity index (χ0v) is 15.1. The second kappa shape index (κ2) is 7.58. The molecule has 0 fully saturated rings. The van der Waals surface area contributed by atoms with Crippen molar-refractivity contribution < 1.29 is 0 Å². The lowest BCUT2D eigenvalue weighted by Gasteiger charge is -2.17. The third kappa shape index (κ3) is 3.97. The van der Waals surface area contributed by atoms with Crippen LogP contribution in [0.15, 0.2) is 24.3 Å². The van der Waals surface area contributed by atoms with Crippen LogP contribution in [-0.2, 0) is 19.4 Å². The lowest BCUT2D eigenvalue weighted by atomic mass is 10.0. The Bertz CT molecular complexity index is 612. The lowest BCUT2D eigenvalue weighted by molar-refractivity contribution is 0.516. The number of rotatable bonds is 6. The number of hydrogen-bond acceptors (Lipinski definition) is 3. The molecule has 0 spiro atoms. The molecule has 0 amide bonds. The number of benzene rings is 1. The van der Waals surface area contributed by atoms with E-state index in [0.29, 0.717) is 0 Å². The van der Waals surface area contributed by atoms with E-state index in [9.17, 15) is 0 Å². The molecule has 0 saturated carbocycles. The summed E-state index contributed by atoms with van der Waals surface area (Å²) in [6.07, 6.45) is 1.73. The van der Waals surface area contributed by atoms with Crippen molar-refractivity contribution in [2.45, 2.75) is 39.3 Å². The van der Waals surface area contributed by atoms with Gasteiger partial charge in [-0.2, -0.15) is 5.10 Å². The van der Waals surface area contributed by atoms with Crippen LogP contribution < -0.4 is 11.3 Å². The summed E-state index contributed by atoms with van der Waals surface area (Å²) in [5.74, 6) is 5.75. The van der Waals surface area contributed by atoms with Gasteiger partial charge in [-0.3, -0.25) is 16.0 Å². The van der Waals surface area contributed by atoms with Gasteiger partial charge >= 0.3 is 0 Å². The largest absolute Gasteiger partial charge is 0.271 e. The average Bonchev–Trinajstić information content (AvgIpc) is 2.90. The molecule has 0 aliphatic rings. The van der Waals surface area contributed by atoms with E-state index < -0.39 is 0 Å². The highest BCUT2D eigenvalue weighted by Gasteiger charge is 2.15. The average molecular weight is 419 g/mol. The molecule has 1 aromatic carbocycles. The predicted octanol–water partition coefficient (Wildman–Crippen LogP) is 3.47. The van der Waals surface area contributed by atoms with Crippen LogP contribution >= 0.6 is 34.2 Å². The molecule has 0 radical (unpaired) electrons. The molecule has 1 aromatic heterocycles. The Morgan fingerprint density at radius 1 is 1.38 bits per heavy atom. The molecule has 6 heteroatoms. The zero-order chi connectivity index (χ0) is 15.4. The van der Waals surface area contributed by atoms with Crippen molar-refractivity contribution in [3.63, 3.8) is 0 Å². The fraction of sp³-hybridized carbons (Fsp3) is 0.400. The summed E-state index contributed by atoms with van der Waals surface area (Å²) in [5, 5.41) is 5.34. The molecule has 0 bridgehead atoms. The maximum Gasteiger partial charge on any atom is 0.0624 e. The molecule has 1 atom stereocenters. The van der Waals surface area contributed by atoms with Crippen LogP contribution in [0.3, 0.4) is 0 Å². The van der Waals surface area contributed by atoms with Crippen molar-refractivity contribution in [1.82, 2.24) is 15.2 Å². The van der Waals surface area contributed by atoms with Crippen LogP contribution in [0.2, 0.25) is 5.02 Å². The van der Waals surface area contributed by atoms with Gasteiger partial charge in [-0.1, -0.05) is 24.6 Å². The van der Waals surface area contributed by atoms with Gasteiger partial charge in [0, 0.05) is 22.2 Å². The molecule has 2 rings (SSSR count). The molecule has 4 nitrogen and oxygen atoms in total. The number of nitrogens with two attached hydrogens (primary N) is 1. The first-order valence-electron chi connectivity index (χ1n) is 7.05. The Hall–Kier alpha value is -0.630. The Labute approximate surface area is 144 Å². The van der Waals surface area contributed by atoms with Crippen molar-refractivity contribution in [3.8, 4) is 0 Å². The normalized spacial score (nSPS) is 12.6. The fourth-order valence-corrected chi connectivity index (χ4v) is 2.86. The summed E-state index contributed by atoms with van der Waals surface area (Å²) in [5.41, 5.74) is 6.28. The number of nitrogens with one attached hydrogen (secondary N) is 1. The summed E-state index contributed by atoms with van der Waals surface area (Å²) in [7, 11) is 0. The van der Waals surface area contributed by atoms with E-state index in [2.05, 4.69) is 59.1 Å². The van der Waals surface area contributed by atoms with E-state index in [4.69, 9.17) is 17.4 Å². The fourth-order valence-electron chi connectivity index (χ4n) is 2.34. The second-order valence-corrected chi connectivity index (χ2v) is 6.46. The highest BCUT2D eigenvalue weighted by Crippen LogP contribution is 2.25. The number of halogens is 2. The molecule has 1 unspecified atom stereocenters. The molecular formula is C15H20ClIN4. The van der Waals surface area contributed by atoms with Gasteiger partial charge in [0.1, 0.15) is 0 Å². The maximum atomic E-state index is 6.21. The maximum absolute atomic E-state index is 6.21. The molecule has 0 saturated heterocycles. The van der Waals surface area contributed by atoms with E-state index in [0.717, 1.165) is 39.2 Å². The first-order chi connectivity index (χ1) is 10.1. The molecule has 114 valence electrons. The van der Waals surface area contributed by atoms with Gasteiger partial charge in [0.05, 0.1) is 16.8 Å². The Balaban J connectivity index is 2.26. The minimum absolute atomic E-state index is 0.0196. The molecule has 1 heterocycles. The minimum atomic E-state index is 0.0196. The summed E-state index contributed by atoms with van der Waals surface area (Å²) in [6, 6.07) is 8.22. The van der Waals surface area contributed by atoms with Crippen LogP contribution in [0.1, 0.15) is 36.8 Å². The molecule has 0 aliphatic carbocycles. The lowest BCUT2D eigenvalue weighted by Crippen LogP contribution is -2.30. The number of nitrogens with zero attached hydrogens (tertiary/aromatic N) is 2. The van der Waals surface area contributed by atoms with Gasteiger partial charge < -0.3 is 0 Å². The molecule has 3 N–H and O–H groups in total. The third-order valence-corrected chi connectivity index (χ3v) is 5.11. The second-order valence-electron chi connectivity index (χ2n) is 4.89. The molecule has 2 aromatic rings. The first-order valence-corrected chi connectivity index (χ1v) is 8.51. The number of hydrazine groups is 1. The van der Waals surface area contributed by atoms with E-state index >= 15 is 0 Å². The smallest absolute Gasteiger partial charge is 0.0624 e. The zero-order valence-electron chi connectivity index (χ0n) is 12.2. The van der Waals surface area contributed by atoms with E-state index in [-0.39, 0.29) is 6.04 Å². The van der Waals surface area contributed by atoms with Crippen molar-refractivity contribution >= 4 is 34.2 Å². The van der Waals surface area contributed by atoms with Crippen molar-refractivity contribution in [2.75, 3.05) is 0 Å². The summed E-state index contributed by atoms with van der Waals surface area (Å²) in [6.45, 7) is 5.08. The van der Waals surface area contributed by atoms with Gasteiger partial charge in [-0.25, -0.2) is 0 Å². The highest BCUT2D eigenvalue weighted by atomic mass is 127. The van der Waals surface area contributed by atoms with Gasteiger partial charge in [-0.15, -0.1) is 0 Å². The van der Waals surface area contributed by atoms with Crippen LogP contribution in [0.25, 0.3) is 0 Å². The quantitative estimate of drug-likeness (QED) is 0.429. The highest BCUT2D eigenvalue weighted by molar-refractivity contribution is 14.1. The van der Waals surface area contributed by atoms with Gasteiger partial charge in [0.2, 0.25) is 0 Å².